The van der Waals surface area contributed by atoms with Gasteiger partial charge in [-0.15, -0.1) is 0 Å². The molecule has 1 fully saturated rings. The van der Waals surface area contributed by atoms with E-state index in [4.69, 9.17) is 28.9 Å². The molecule has 138 valence electrons. The van der Waals surface area contributed by atoms with Gasteiger partial charge in [-0.25, -0.2) is 9.97 Å². The van der Waals surface area contributed by atoms with E-state index in [0.29, 0.717) is 34.0 Å². The number of hydrogen-bond donors (Lipinski definition) is 3. The fraction of sp³-hybridized carbons (Fsp3) is 0.353. The second kappa shape index (κ2) is 7.97. The average molecular weight is 395 g/mol. The van der Waals surface area contributed by atoms with Gasteiger partial charge in [-0.1, -0.05) is 23.2 Å². The summed E-state index contributed by atoms with van der Waals surface area (Å²) in [7, 11) is 0. The second-order valence-corrected chi connectivity index (χ2v) is 7.04. The molecule has 1 aliphatic heterocycles. The minimum atomic E-state index is -0.419. The number of nitrogens with two attached hydrogens (primary N) is 1. The Kier molecular flexibility index (Phi) is 5.68. The van der Waals surface area contributed by atoms with Crippen LogP contribution < -0.4 is 21.5 Å². The van der Waals surface area contributed by atoms with Crippen LogP contribution in [-0.2, 0) is 0 Å². The maximum Gasteiger partial charge on any atom is 0.271 e. The number of piperidine rings is 1. The monoisotopic (exact) mass is 394 g/mol. The van der Waals surface area contributed by atoms with Crippen LogP contribution in [0.3, 0.4) is 0 Å². The smallest absolute Gasteiger partial charge is 0.271 e. The molecule has 1 aromatic heterocycles. The Morgan fingerprint density at radius 2 is 2.12 bits per heavy atom. The summed E-state index contributed by atoms with van der Waals surface area (Å²) >= 11 is 11.9. The van der Waals surface area contributed by atoms with Crippen molar-refractivity contribution in [3.05, 3.63) is 40.1 Å². The van der Waals surface area contributed by atoms with Gasteiger partial charge in [-0.3, -0.25) is 15.6 Å². The average Bonchev–Trinajstić information content (AvgIpc) is 2.61. The number of hydrazine groups is 1. The van der Waals surface area contributed by atoms with Gasteiger partial charge in [0.25, 0.3) is 5.91 Å². The lowest BCUT2D eigenvalue weighted by molar-refractivity contribution is 0.0962. The number of nitrogen functional groups attached to an aromatic ring is 1. The molecule has 7 nitrogen and oxygen atoms in total. The minimum absolute atomic E-state index is 0.260. The fourth-order valence-electron chi connectivity index (χ4n) is 2.98. The van der Waals surface area contributed by atoms with Gasteiger partial charge in [0.2, 0.25) is 0 Å². The molecular formula is C17H20Cl2N6O. The van der Waals surface area contributed by atoms with Crippen LogP contribution in [0.25, 0.3) is 0 Å². The predicted molar refractivity (Wildman–Crippen MR) is 105 cm³/mol. The number of nitrogens with zero attached hydrogens (tertiary/aromatic N) is 3. The molecular weight excluding hydrogens is 375 g/mol. The van der Waals surface area contributed by atoms with Gasteiger partial charge < -0.3 is 10.6 Å². The lowest BCUT2D eigenvalue weighted by atomic mass is 10.0. The molecule has 26 heavy (non-hydrogen) atoms. The minimum Gasteiger partial charge on any atom is -0.393 e. The lowest BCUT2D eigenvalue weighted by Crippen LogP contribution is -2.39. The van der Waals surface area contributed by atoms with E-state index in [2.05, 4.69) is 32.6 Å². The van der Waals surface area contributed by atoms with Crippen molar-refractivity contribution in [3.63, 3.8) is 0 Å². The van der Waals surface area contributed by atoms with Crippen LogP contribution in [0.15, 0.2) is 24.5 Å². The van der Waals surface area contributed by atoms with E-state index in [0.717, 1.165) is 19.4 Å². The normalized spacial score (nSPS) is 17.0. The van der Waals surface area contributed by atoms with Crippen LogP contribution in [0, 0.1) is 0 Å². The quantitative estimate of drug-likeness (QED) is 0.686. The molecule has 1 amide bonds. The summed E-state index contributed by atoms with van der Waals surface area (Å²) in [4.78, 5) is 22.9. The van der Waals surface area contributed by atoms with Crippen LogP contribution >= 0.6 is 23.2 Å². The standard InChI is InChI=1S/C17H20Cl2N6O/c1-10-4-2-3-7-25(10)16-14(20)15(21-9-22-16)23-24-17(26)12-6-5-11(18)8-13(12)19/h5-6,8-10H,2-4,7,20H2,1H3,(H,24,26)(H,21,22,23). The molecule has 4 N–H and O–H groups in total. The molecule has 3 rings (SSSR count). The van der Waals surface area contributed by atoms with Gasteiger partial charge >= 0.3 is 0 Å². The van der Waals surface area contributed by atoms with E-state index in [-0.39, 0.29) is 5.02 Å². The number of carbonyl (C=O) groups excluding carboxylic acids is 1. The highest BCUT2D eigenvalue weighted by molar-refractivity contribution is 6.36. The molecule has 0 bridgehead atoms. The summed E-state index contributed by atoms with van der Waals surface area (Å²) in [5, 5.41) is 0.718. The van der Waals surface area contributed by atoms with Gasteiger partial charge in [0.1, 0.15) is 12.0 Å². The van der Waals surface area contributed by atoms with Crippen LogP contribution in [-0.4, -0.2) is 28.5 Å². The van der Waals surface area contributed by atoms with E-state index in [1.54, 1.807) is 12.1 Å². The zero-order chi connectivity index (χ0) is 18.7. The van der Waals surface area contributed by atoms with Crippen molar-refractivity contribution in [2.75, 3.05) is 22.6 Å². The third-order valence-corrected chi connectivity index (χ3v) is 4.96. The zero-order valence-corrected chi connectivity index (χ0v) is 15.8. The fourth-order valence-corrected chi connectivity index (χ4v) is 3.48. The number of halogens is 2. The summed E-state index contributed by atoms with van der Waals surface area (Å²) in [6, 6.07) is 5.01. The number of anilines is 3. The Balaban J connectivity index is 1.74. The van der Waals surface area contributed by atoms with Crippen LogP contribution in [0.4, 0.5) is 17.3 Å². The number of benzene rings is 1. The Bertz CT molecular complexity index is 816. The van der Waals surface area contributed by atoms with Crippen LogP contribution in [0.5, 0.6) is 0 Å². The molecule has 1 saturated heterocycles. The summed E-state index contributed by atoms with van der Waals surface area (Å²) in [5.41, 5.74) is 12.2. The number of hydrogen-bond acceptors (Lipinski definition) is 6. The van der Waals surface area contributed by atoms with E-state index >= 15 is 0 Å². The molecule has 2 aromatic rings. The number of rotatable bonds is 4. The van der Waals surface area contributed by atoms with Crippen molar-refractivity contribution < 1.29 is 4.79 Å². The van der Waals surface area contributed by atoms with Gasteiger partial charge in [-0.05, 0) is 44.4 Å². The first-order valence-electron chi connectivity index (χ1n) is 8.36. The van der Waals surface area contributed by atoms with Crippen LogP contribution in [0.1, 0.15) is 36.5 Å². The Morgan fingerprint density at radius 3 is 2.85 bits per heavy atom. The molecule has 0 saturated carbocycles. The van der Waals surface area contributed by atoms with Gasteiger partial charge in [0, 0.05) is 17.6 Å². The summed E-state index contributed by atoms with van der Waals surface area (Å²) in [6.07, 6.45) is 4.82. The van der Waals surface area contributed by atoms with Crippen molar-refractivity contribution in [2.45, 2.75) is 32.2 Å². The number of amides is 1. The molecule has 0 radical (unpaired) electrons. The zero-order valence-electron chi connectivity index (χ0n) is 14.3. The van der Waals surface area contributed by atoms with Crippen molar-refractivity contribution in [3.8, 4) is 0 Å². The number of nitrogens with one attached hydrogen (secondary N) is 2. The van der Waals surface area contributed by atoms with Gasteiger partial charge in [0.15, 0.2) is 11.6 Å². The number of carbonyl (C=O) groups is 1. The highest BCUT2D eigenvalue weighted by Gasteiger charge is 2.23. The molecule has 0 aliphatic carbocycles. The van der Waals surface area contributed by atoms with E-state index < -0.39 is 5.91 Å². The van der Waals surface area contributed by atoms with Crippen molar-refractivity contribution in [2.24, 2.45) is 0 Å². The maximum absolute atomic E-state index is 12.3. The number of aromatic nitrogens is 2. The molecule has 1 unspecified atom stereocenters. The molecule has 2 heterocycles. The van der Waals surface area contributed by atoms with E-state index in [9.17, 15) is 4.79 Å². The van der Waals surface area contributed by atoms with E-state index in [1.165, 1.54) is 18.8 Å². The Hall–Kier alpha value is -2.25. The summed E-state index contributed by atoms with van der Waals surface area (Å²) < 4.78 is 0. The first kappa shape index (κ1) is 18.5. The van der Waals surface area contributed by atoms with Crippen LogP contribution in [0.2, 0.25) is 10.0 Å². The largest absolute Gasteiger partial charge is 0.393 e. The SMILES string of the molecule is CC1CCCCN1c1ncnc(NNC(=O)c2ccc(Cl)cc2Cl)c1N. The summed E-state index contributed by atoms with van der Waals surface area (Å²) in [5.74, 6) is 0.595. The van der Waals surface area contributed by atoms with Crippen molar-refractivity contribution in [1.82, 2.24) is 15.4 Å². The summed E-state index contributed by atoms with van der Waals surface area (Å²) in [6.45, 7) is 3.05. The molecule has 1 aromatic carbocycles. The first-order chi connectivity index (χ1) is 12.5. The van der Waals surface area contributed by atoms with Crippen molar-refractivity contribution >= 4 is 46.4 Å². The second-order valence-electron chi connectivity index (χ2n) is 6.20. The third-order valence-electron chi connectivity index (χ3n) is 4.41. The first-order valence-corrected chi connectivity index (χ1v) is 9.11. The highest BCUT2D eigenvalue weighted by atomic mass is 35.5. The predicted octanol–water partition coefficient (Wildman–Crippen LogP) is 3.50. The van der Waals surface area contributed by atoms with Gasteiger partial charge in [0.05, 0.1) is 10.6 Å². The topological polar surface area (TPSA) is 96.2 Å². The lowest BCUT2D eigenvalue weighted by Gasteiger charge is -2.35. The Labute approximate surface area is 161 Å². The third kappa shape index (κ3) is 3.94. The maximum atomic E-state index is 12.3. The highest BCUT2D eigenvalue weighted by Crippen LogP contribution is 2.30. The molecule has 9 heteroatoms. The van der Waals surface area contributed by atoms with Crippen molar-refractivity contribution in [1.29, 1.82) is 0 Å². The molecule has 1 aliphatic rings. The van der Waals surface area contributed by atoms with E-state index in [1.807, 2.05) is 0 Å². The van der Waals surface area contributed by atoms with Gasteiger partial charge in [-0.2, -0.15) is 0 Å². The molecule has 0 spiro atoms. The Morgan fingerprint density at radius 1 is 1.31 bits per heavy atom. The molecule has 1 atom stereocenters.